The van der Waals surface area contributed by atoms with E-state index in [0.717, 1.165) is 5.56 Å². The molecule has 0 aliphatic heterocycles. The van der Waals surface area contributed by atoms with Gasteiger partial charge >= 0.3 is 5.69 Å². The monoisotopic (exact) mass is 211 g/mol. The van der Waals surface area contributed by atoms with Crippen molar-refractivity contribution >= 4 is 24.3 Å². The summed E-state index contributed by atoms with van der Waals surface area (Å²) in [4.78, 5) is 15.7. The van der Waals surface area contributed by atoms with E-state index in [2.05, 4.69) is 4.99 Å². The Labute approximate surface area is 87.5 Å². The summed E-state index contributed by atoms with van der Waals surface area (Å²) >= 11 is 5.12. The second-order valence-electron chi connectivity index (χ2n) is 3.04. The van der Waals surface area contributed by atoms with Gasteiger partial charge in [-0.05, 0) is 13.8 Å². The quantitative estimate of drug-likeness (QED) is 0.521. The number of aliphatic imine (C=N–C) groups is 1. The molecule has 0 radical (unpaired) electrons. The number of aromatic nitrogens is 2. The molecule has 0 saturated heterocycles. The van der Waals surface area contributed by atoms with Gasteiger partial charge in [-0.2, -0.15) is 0 Å². The van der Waals surface area contributed by atoms with Crippen molar-refractivity contribution in [2.45, 2.75) is 13.8 Å². The van der Waals surface area contributed by atoms with Gasteiger partial charge in [-0.25, -0.2) is 9.79 Å². The normalized spacial score (nSPS) is 11.1. The minimum Gasteiger partial charge on any atom is -0.287 e. The van der Waals surface area contributed by atoms with Crippen molar-refractivity contribution in [2.24, 2.45) is 19.1 Å². The summed E-state index contributed by atoms with van der Waals surface area (Å²) in [5.74, 6) is 0.626. The molecule has 1 heterocycles. The topological polar surface area (TPSA) is 39.3 Å². The van der Waals surface area contributed by atoms with E-state index in [1.165, 1.54) is 9.13 Å². The molecular formula is C9H13N3OS. The molecule has 0 saturated carbocycles. The molecule has 0 fully saturated rings. The third kappa shape index (κ3) is 1.55. The van der Waals surface area contributed by atoms with Gasteiger partial charge in [-0.15, -0.1) is 0 Å². The van der Waals surface area contributed by atoms with E-state index in [9.17, 15) is 4.79 Å². The third-order valence-electron chi connectivity index (χ3n) is 2.10. The molecule has 0 aromatic carbocycles. The minimum atomic E-state index is -0.152. The van der Waals surface area contributed by atoms with Crippen molar-refractivity contribution in [3.05, 3.63) is 20.7 Å². The number of rotatable bonds is 1. The predicted molar refractivity (Wildman–Crippen MR) is 60.1 cm³/mol. The average Bonchev–Trinajstić information content (AvgIpc) is 2.19. The maximum absolute atomic E-state index is 11.6. The second-order valence-corrected chi connectivity index (χ2v) is 3.43. The van der Waals surface area contributed by atoms with E-state index >= 15 is 0 Å². The van der Waals surface area contributed by atoms with E-state index in [0.29, 0.717) is 10.5 Å². The summed E-state index contributed by atoms with van der Waals surface area (Å²) in [6, 6.07) is 0. The predicted octanol–water partition coefficient (Wildman–Crippen LogP) is 1.48. The van der Waals surface area contributed by atoms with Crippen molar-refractivity contribution in [1.82, 2.24) is 9.13 Å². The molecule has 1 aromatic heterocycles. The third-order valence-corrected chi connectivity index (χ3v) is 2.68. The van der Waals surface area contributed by atoms with E-state index < -0.39 is 0 Å². The summed E-state index contributed by atoms with van der Waals surface area (Å²) in [5.41, 5.74) is 0.698. The SMILES string of the molecule is C/C=N\c1c(C)c(=S)n(C)c(=O)n1C. The Hall–Kier alpha value is -1.23. The number of hydrogen-bond donors (Lipinski definition) is 0. The molecule has 0 aliphatic carbocycles. The van der Waals surface area contributed by atoms with Crippen LogP contribution in [0.5, 0.6) is 0 Å². The van der Waals surface area contributed by atoms with Crippen molar-refractivity contribution < 1.29 is 0 Å². The lowest BCUT2D eigenvalue weighted by Gasteiger charge is -2.09. The Morgan fingerprint density at radius 3 is 2.43 bits per heavy atom. The van der Waals surface area contributed by atoms with Crippen molar-refractivity contribution in [1.29, 1.82) is 0 Å². The standard InChI is InChI=1S/C9H13N3OS/c1-5-10-7-6(2)8(14)12(4)9(13)11(7)3/h5H,1-4H3/b10-5-. The molecule has 0 spiro atoms. The highest BCUT2D eigenvalue weighted by molar-refractivity contribution is 7.71. The lowest BCUT2D eigenvalue weighted by atomic mass is 10.3. The Morgan fingerprint density at radius 2 is 1.93 bits per heavy atom. The van der Waals surface area contributed by atoms with Crippen LogP contribution in [0.1, 0.15) is 12.5 Å². The van der Waals surface area contributed by atoms with Gasteiger partial charge in [-0.3, -0.25) is 9.13 Å². The smallest absolute Gasteiger partial charge is 0.287 e. The summed E-state index contributed by atoms with van der Waals surface area (Å²) in [6.07, 6.45) is 1.65. The lowest BCUT2D eigenvalue weighted by Crippen LogP contribution is -2.28. The van der Waals surface area contributed by atoms with Gasteiger partial charge in [0.15, 0.2) is 0 Å². The molecule has 4 nitrogen and oxygen atoms in total. The van der Waals surface area contributed by atoms with Crippen molar-refractivity contribution in [3.63, 3.8) is 0 Å². The Balaban J connectivity index is 3.78. The summed E-state index contributed by atoms with van der Waals surface area (Å²) in [6.45, 7) is 3.67. The van der Waals surface area contributed by atoms with Gasteiger partial charge in [-0.1, -0.05) is 12.2 Å². The lowest BCUT2D eigenvalue weighted by molar-refractivity contribution is 0.694. The Morgan fingerprint density at radius 1 is 1.36 bits per heavy atom. The van der Waals surface area contributed by atoms with Gasteiger partial charge in [0.05, 0.1) is 0 Å². The Bertz CT molecular complexity index is 459. The van der Waals surface area contributed by atoms with E-state index in [4.69, 9.17) is 12.2 Å². The van der Waals surface area contributed by atoms with Crippen molar-refractivity contribution in [2.75, 3.05) is 0 Å². The first kappa shape index (κ1) is 10.8. The minimum absolute atomic E-state index is 0.152. The summed E-state index contributed by atoms with van der Waals surface area (Å²) < 4.78 is 3.47. The fourth-order valence-electron chi connectivity index (χ4n) is 1.31. The Kier molecular flexibility index (Phi) is 3.00. The van der Waals surface area contributed by atoms with Crippen LogP contribution in [-0.2, 0) is 14.1 Å². The average molecular weight is 211 g/mol. The molecule has 5 heteroatoms. The zero-order chi connectivity index (χ0) is 10.9. The first-order chi connectivity index (χ1) is 6.50. The summed E-state index contributed by atoms with van der Waals surface area (Å²) in [5, 5.41) is 0. The van der Waals surface area contributed by atoms with Crippen LogP contribution in [0, 0.1) is 11.6 Å². The van der Waals surface area contributed by atoms with Crippen LogP contribution < -0.4 is 5.69 Å². The van der Waals surface area contributed by atoms with Crippen LogP contribution in [0.25, 0.3) is 0 Å². The highest BCUT2D eigenvalue weighted by Gasteiger charge is 2.07. The largest absolute Gasteiger partial charge is 0.330 e. The van der Waals surface area contributed by atoms with E-state index in [-0.39, 0.29) is 5.69 Å². The molecule has 14 heavy (non-hydrogen) atoms. The van der Waals surface area contributed by atoms with Crippen LogP contribution in [0.3, 0.4) is 0 Å². The van der Waals surface area contributed by atoms with Crippen LogP contribution >= 0.6 is 12.2 Å². The fraction of sp³-hybridized carbons (Fsp3) is 0.444. The van der Waals surface area contributed by atoms with E-state index in [1.54, 1.807) is 27.2 Å². The highest BCUT2D eigenvalue weighted by Crippen LogP contribution is 2.15. The van der Waals surface area contributed by atoms with Crippen LogP contribution in [0.4, 0.5) is 5.82 Å². The van der Waals surface area contributed by atoms with E-state index in [1.807, 2.05) is 6.92 Å². The van der Waals surface area contributed by atoms with Crippen molar-refractivity contribution in [3.8, 4) is 0 Å². The second kappa shape index (κ2) is 3.88. The molecule has 0 bridgehead atoms. The maximum Gasteiger partial charge on any atom is 0.330 e. The molecule has 0 atom stereocenters. The van der Waals surface area contributed by atoms with Gasteiger partial charge in [0, 0.05) is 25.9 Å². The zero-order valence-electron chi connectivity index (χ0n) is 8.74. The van der Waals surface area contributed by atoms with Gasteiger partial charge in [0.25, 0.3) is 0 Å². The number of hydrogen-bond acceptors (Lipinski definition) is 3. The van der Waals surface area contributed by atoms with Gasteiger partial charge < -0.3 is 0 Å². The first-order valence-corrected chi connectivity index (χ1v) is 4.66. The molecule has 0 unspecified atom stereocenters. The molecular weight excluding hydrogens is 198 g/mol. The fourth-order valence-corrected chi connectivity index (χ4v) is 1.48. The molecule has 1 aromatic rings. The summed E-state index contributed by atoms with van der Waals surface area (Å²) in [7, 11) is 3.35. The zero-order valence-corrected chi connectivity index (χ0v) is 9.55. The molecule has 0 N–H and O–H groups in total. The van der Waals surface area contributed by atoms with Crippen LogP contribution in [-0.4, -0.2) is 15.3 Å². The van der Waals surface area contributed by atoms with Gasteiger partial charge in [0.2, 0.25) is 0 Å². The highest BCUT2D eigenvalue weighted by atomic mass is 32.1. The molecule has 0 amide bonds. The maximum atomic E-state index is 11.6. The number of nitrogens with zero attached hydrogens (tertiary/aromatic N) is 3. The van der Waals surface area contributed by atoms with Gasteiger partial charge in [0.1, 0.15) is 10.5 Å². The first-order valence-electron chi connectivity index (χ1n) is 4.26. The molecule has 76 valence electrons. The molecule has 1 rings (SSSR count). The molecule has 0 aliphatic rings. The van der Waals surface area contributed by atoms with Crippen LogP contribution in [0.15, 0.2) is 9.79 Å². The van der Waals surface area contributed by atoms with Crippen LogP contribution in [0.2, 0.25) is 0 Å².